The fourth-order valence-corrected chi connectivity index (χ4v) is 3.05. The first-order valence-corrected chi connectivity index (χ1v) is 8.27. The highest BCUT2D eigenvalue weighted by atomic mass is 19.4. The molecule has 0 aliphatic carbocycles. The quantitative estimate of drug-likeness (QED) is 0.802. The molecule has 1 heterocycles. The molecule has 0 radical (unpaired) electrons. The highest BCUT2D eigenvalue weighted by Gasteiger charge is 2.47. The van der Waals surface area contributed by atoms with Crippen LogP contribution in [0.1, 0.15) is 32.3 Å². The molecule has 1 unspecified atom stereocenters. The summed E-state index contributed by atoms with van der Waals surface area (Å²) in [6, 6.07) is 6.29. The molecular formula is C18H26F3NO2. The van der Waals surface area contributed by atoms with Crippen molar-refractivity contribution in [1.29, 1.82) is 0 Å². The van der Waals surface area contributed by atoms with E-state index in [-0.39, 0.29) is 5.56 Å². The highest BCUT2D eigenvalue weighted by Crippen LogP contribution is 2.46. The maximum atomic E-state index is 13.4. The van der Waals surface area contributed by atoms with Gasteiger partial charge in [-0.05, 0) is 23.1 Å². The fraction of sp³-hybridized carbons (Fsp3) is 0.667. The van der Waals surface area contributed by atoms with Crippen LogP contribution in [0.25, 0.3) is 0 Å². The van der Waals surface area contributed by atoms with E-state index in [1.54, 1.807) is 32.9 Å². The molecule has 0 aromatic heterocycles. The third kappa shape index (κ3) is 5.38. The molecule has 1 aromatic rings. The van der Waals surface area contributed by atoms with Crippen LogP contribution in [-0.2, 0) is 4.74 Å². The summed E-state index contributed by atoms with van der Waals surface area (Å²) < 4.78 is 51.0. The topological polar surface area (TPSA) is 21.7 Å². The zero-order valence-electron chi connectivity index (χ0n) is 14.5. The van der Waals surface area contributed by atoms with E-state index in [1.807, 2.05) is 0 Å². The third-order valence-electron chi connectivity index (χ3n) is 4.19. The van der Waals surface area contributed by atoms with Gasteiger partial charge in [0.1, 0.15) is 12.4 Å². The number of nitrogens with zero attached hydrogens (tertiary/aromatic N) is 1. The van der Waals surface area contributed by atoms with Crippen LogP contribution < -0.4 is 4.74 Å². The molecule has 6 heteroatoms. The lowest BCUT2D eigenvalue weighted by molar-refractivity contribution is -0.171. The molecule has 2 rings (SSSR count). The van der Waals surface area contributed by atoms with Crippen LogP contribution >= 0.6 is 0 Å². The molecule has 1 atom stereocenters. The molecule has 24 heavy (non-hydrogen) atoms. The van der Waals surface area contributed by atoms with Gasteiger partial charge in [-0.1, -0.05) is 32.9 Å². The number of morpholine rings is 1. The Morgan fingerprint density at radius 1 is 1.08 bits per heavy atom. The first-order valence-electron chi connectivity index (χ1n) is 8.27. The van der Waals surface area contributed by atoms with E-state index in [0.29, 0.717) is 12.4 Å². The number of hydrogen-bond acceptors (Lipinski definition) is 3. The zero-order valence-corrected chi connectivity index (χ0v) is 14.5. The predicted molar refractivity (Wildman–Crippen MR) is 87.4 cm³/mol. The maximum Gasteiger partial charge on any atom is 0.396 e. The average Bonchev–Trinajstić information content (AvgIpc) is 2.47. The van der Waals surface area contributed by atoms with Crippen molar-refractivity contribution in [1.82, 2.24) is 4.90 Å². The normalized spacial score (nSPS) is 18.4. The highest BCUT2D eigenvalue weighted by molar-refractivity contribution is 5.31. The summed E-state index contributed by atoms with van der Waals surface area (Å²) in [6.45, 7) is 9.39. The minimum absolute atomic E-state index is 0.274. The van der Waals surface area contributed by atoms with Gasteiger partial charge in [0.15, 0.2) is 0 Å². The first-order chi connectivity index (χ1) is 11.2. The number of halogens is 3. The Balaban J connectivity index is 1.94. The molecule has 1 aromatic carbocycles. The van der Waals surface area contributed by atoms with E-state index >= 15 is 0 Å². The Kier molecular flexibility index (Phi) is 6.15. The smallest absolute Gasteiger partial charge is 0.396 e. The molecule has 1 aliphatic rings. The predicted octanol–water partition coefficient (Wildman–Crippen LogP) is 4.09. The molecule has 1 saturated heterocycles. The van der Waals surface area contributed by atoms with Gasteiger partial charge in [0.25, 0.3) is 0 Å². The van der Waals surface area contributed by atoms with E-state index in [1.165, 1.54) is 12.1 Å². The van der Waals surface area contributed by atoms with Crippen LogP contribution in [0.2, 0.25) is 0 Å². The van der Waals surface area contributed by atoms with Crippen LogP contribution in [0.5, 0.6) is 5.75 Å². The standard InChI is InChI=1S/C18H26F3NO2/c1-17(2,3)16(18(19,20)21)14-4-6-15(7-5-14)24-13-10-22-8-11-23-12-9-22/h4-7,16H,8-13H2,1-3H3. The Morgan fingerprint density at radius 2 is 1.67 bits per heavy atom. The van der Waals surface area contributed by atoms with Gasteiger partial charge < -0.3 is 9.47 Å². The monoisotopic (exact) mass is 345 g/mol. The third-order valence-corrected chi connectivity index (χ3v) is 4.19. The number of ether oxygens (including phenoxy) is 2. The van der Waals surface area contributed by atoms with E-state index in [0.717, 1.165) is 32.8 Å². The summed E-state index contributed by atoms with van der Waals surface area (Å²) in [5.41, 5.74) is -0.618. The van der Waals surface area contributed by atoms with Crippen LogP contribution in [0.3, 0.4) is 0 Å². The Morgan fingerprint density at radius 3 is 2.17 bits per heavy atom. The molecule has 0 bridgehead atoms. The van der Waals surface area contributed by atoms with Gasteiger partial charge >= 0.3 is 6.18 Å². The molecule has 0 saturated carbocycles. The molecule has 136 valence electrons. The van der Waals surface area contributed by atoms with Crippen molar-refractivity contribution in [3.8, 4) is 5.75 Å². The molecule has 0 N–H and O–H groups in total. The summed E-state index contributed by atoms with van der Waals surface area (Å²) in [4.78, 5) is 2.25. The van der Waals surface area contributed by atoms with Crippen LogP contribution in [0, 0.1) is 5.41 Å². The fourth-order valence-electron chi connectivity index (χ4n) is 3.05. The minimum Gasteiger partial charge on any atom is -0.492 e. The lowest BCUT2D eigenvalue weighted by atomic mass is 9.76. The Hall–Kier alpha value is -1.27. The number of benzene rings is 1. The van der Waals surface area contributed by atoms with Crippen molar-refractivity contribution in [2.45, 2.75) is 32.9 Å². The first kappa shape index (κ1) is 19.1. The average molecular weight is 345 g/mol. The molecular weight excluding hydrogens is 319 g/mol. The molecule has 0 amide bonds. The minimum atomic E-state index is -4.27. The number of rotatable bonds is 5. The van der Waals surface area contributed by atoms with Crippen molar-refractivity contribution >= 4 is 0 Å². The van der Waals surface area contributed by atoms with Crippen LogP contribution in [-0.4, -0.2) is 50.5 Å². The summed E-state index contributed by atoms with van der Waals surface area (Å²) in [6.07, 6.45) is -4.27. The summed E-state index contributed by atoms with van der Waals surface area (Å²) >= 11 is 0. The summed E-state index contributed by atoms with van der Waals surface area (Å²) in [7, 11) is 0. The maximum absolute atomic E-state index is 13.4. The second-order valence-electron chi connectivity index (χ2n) is 7.21. The SMILES string of the molecule is CC(C)(C)C(c1ccc(OCCN2CCOCC2)cc1)C(F)(F)F. The zero-order chi connectivity index (χ0) is 17.8. The second kappa shape index (κ2) is 7.74. The van der Waals surface area contributed by atoms with Crippen molar-refractivity contribution < 1.29 is 22.6 Å². The largest absolute Gasteiger partial charge is 0.492 e. The van der Waals surface area contributed by atoms with Crippen molar-refractivity contribution in [2.75, 3.05) is 39.5 Å². The summed E-state index contributed by atoms with van der Waals surface area (Å²) in [5, 5.41) is 0. The molecule has 0 spiro atoms. The van der Waals surface area contributed by atoms with Crippen molar-refractivity contribution in [3.63, 3.8) is 0 Å². The summed E-state index contributed by atoms with van der Waals surface area (Å²) in [5.74, 6) is -0.894. The van der Waals surface area contributed by atoms with E-state index in [2.05, 4.69) is 4.90 Å². The van der Waals surface area contributed by atoms with Crippen LogP contribution in [0.4, 0.5) is 13.2 Å². The number of hydrogen-bond donors (Lipinski definition) is 0. The van der Waals surface area contributed by atoms with Gasteiger partial charge in [-0.2, -0.15) is 13.2 Å². The molecule has 1 fully saturated rings. The van der Waals surface area contributed by atoms with E-state index in [4.69, 9.17) is 9.47 Å². The van der Waals surface area contributed by atoms with E-state index in [9.17, 15) is 13.2 Å². The molecule has 3 nitrogen and oxygen atoms in total. The van der Waals surface area contributed by atoms with E-state index < -0.39 is 17.5 Å². The van der Waals surface area contributed by atoms with Gasteiger partial charge in [-0.25, -0.2) is 0 Å². The lowest BCUT2D eigenvalue weighted by Crippen LogP contribution is -2.38. The Bertz CT molecular complexity index is 488. The lowest BCUT2D eigenvalue weighted by Gasteiger charge is -2.33. The van der Waals surface area contributed by atoms with Gasteiger partial charge in [0.05, 0.1) is 19.1 Å². The van der Waals surface area contributed by atoms with Crippen molar-refractivity contribution in [2.24, 2.45) is 5.41 Å². The second-order valence-corrected chi connectivity index (χ2v) is 7.21. The molecule has 1 aliphatic heterocycles. The number of alkyl halides is 3. The Labute approximate surface area is 141 Å². The van der Waals surface area contributed by atoms with Crippen LogP contribution in [0.15, 0.2) is 24.3 Å². The van der Waals surface area contributed by atoms with Gasteiger partial charge in [0.2, 0.25) is 0 Å². The van der Waals surface area contributed by atoms with Gasteiger partial charge in [-0.15, -0.1) is 0 Å². The van der Waals surface area contributed by atoms with Crippen molar-refractivity contribution in [3.05, 3.63) is 29.8 Å². The van der Waals surface area contributed by atoms with Gasteiger partial charge in [-0.3, -0.25) is 4.90 Å². The van der Waals surface area contributed by atoms with Gasteiger partial charge in [0, 0.05) is 19.6 Å².